The van der Waals surface area contributed by atoms with E-state index in [9.17, 15) is 4.79 Å². The van der Waals surface area contributed by atoms with Crippen LogP contribution in [0.25, 0.3) is 0 Å². The van der Waals surface area contributed by atoms with Gasteiger partial charge in [0.2, 0.25) is 5.91 Å². The fourth-order valence-corrected chi connectivity index (χ4v) is 5.03. The summed E-state index contributed by atoms with van der Waals surface area (Å²) in [7, 11) is 0. The molecule has 1 amide bonds. The zero-order valence-corrected chi connectivity index (χ0v) is 17.9. The molecular formula is C22H35N5O2. The number of rotatable bonds is 4. The molecule has 3 aliphatic rings. The quantitative estimate of drug-likeness (QED) is 0.770. The van der Waals surface area contributed by atoms with Gasteiger partial charge in [-0.1, -0.05) is 13.8 Å². The van der Waals surface area contributed by atoms with Crippen molar-refractivity contribution in [3.8, 4) is 0 Å². The van der Waals surface area contributed by atoms with Gasteiger partial charge >= 0.3 is 0 Å². The Morgan fingerprint density at radius 2 is 1.86 bits per heavy atom. The van der Waals surface area contributed by atoms with E-state index in [1.165, 1.54) is 5.56 Å². The number of hydrogen-bond acceptors (Lipinski definition) is 6. The number of ether oxygens (including phenoxy) is 1. The van der Waals surface area contributed by atoms with Gasteiger partial charge in [0, 0.05) is 50.5 Å². The fraction of sp³-hybridized carbons (Fsp3) is 0.773. The Labute approximate surface area is 174 Å². The van der Waals surface area contributed by atoms with E-state index < -0.39 is 0 Å². The van der Waals surface area contributed by atoms with Crippen molar-refractivity contribution in [1.29, 1.82) is 0 Å². The first-order valence-corrected chi connectivity index (χ1v) is 11.3. The lowest BCUT2D eigenvalue weighted by atomic mass is 9.92. The van der Waals surface area contributed by atoms with Gasteiger partial charge in [0.25, 0.3) is 0 Å². The first kappa shape index (κ1) is 20.5. The van der Waals surface area contributed by atoms with Gasteiger partial charge in [-0.3, -0.25) is 9.69 Å². The van der Waals surface area contributed by atoms with E-state index in [0.29, 0.717) is 31.1 Å². The first-order valence-electron chi connectivity index (χ1n) is 11.3. The number of carbonyl (C=O) groups is 1. The van der Waals surface area contributed by atoms with Crippen LogP contribution in [0.3, 0.4) is 0 Å². The molecule has 1 unspecified atom stereocenters. The van der Waals surface area contributed by atoms with E-state index in [0.717, 1.165) is 70.8 Å². The SMILES string of the molecule is CC(C)c1cncnc1N1CCC(N2CCCC(C(=O)N3CCOCC3)C2)CC1. The summed E-state index contributed by atoms with van der Waals surface area (Å²) in [6.45, 7) is 11.4. The first-order chi connectivity index (χ1) is 14.1. The summed E-state index contributed by atoms with van der Waals surface area (Å²) in [6.07, 6.45) is 8.07. The van der Waals surface area contributed by atoms with Crippen molar-refractivity contribution in [3.63, 3.8) is 0 Å². The maximum Gasteiger partial charge on any atom is 0.227 e. The highest BCUT2D eigenvalue weighted by atomic mass is 16.5. The highest BCUT2D eigenvalue weighted by Gasteiger charge is 2.34. The third-order valence-electron chi connectivity index (χ3n) is 6.75. The third-order valence-corrected chi connectivity index (χ3v) is 6.75. The average Bonchev–Trinajstić information content (AvgIpc) is 2.79. The minimum absolute atomic E-state index is 0.161. The molecule has 3 fully saturated rings. The molecule has 0 saturated carbocycles. The topological polar surface area (TPSA) is 61.8 Å². The molecule has 0 aliphatic carbocycles. The monoisotopic (exact) mass is 401 g/mol. The molecule has 0 aromatic carbocycles. The molecule has 7 nitrogen and oxygen atoms in total. The lowest BCUT2D eigenvalue weighted by Gasteiger charge is -2.43. The van der Waals surface area contributed by atoms with Crippen molar-refractivity contribution >= 4 is 11.7 Å². The van der Waals surface area contributed by atoms with Crippen molar-refractivity contribution in [2.24, 2.45) is 5.92 Å². The number of aromatic nitrogens is 2. The lowest BCUT2D eigenvalue weighted by Crippen LogP contribution is -2.52. The maximum absolute atomic E-state index is 12.9. The Morgan fingerprint density at radius 3 is 2.59 bits per heavy atom. The van der Waals surface area contributed by atoms with Gasteiger partial charge in [-0.25, -0.2) is 9.97 Å². The Balaban J connectivity index is 1.33. The molecule has 160 valence electrons. The van der Waals surface area contributed by atoms with Gasteiger partial charge in [-0.05, 0) is 38.1 Å². The Bertz CT molecular complexity index is 684. The molecule has 0 N–H and O–H groups in total. The molecule has 1 aromatic rings. The summed E-state index contributed by atoms with van der Waals surface area (Å²) in [5.41, 5.74) is 1.24. The van der Waals surface area contributed by atoms with Crippen molar-refractivity contribution < 1.29 is 9.53 Å². The Hall–Kier alpha value is -1.73. The number of piperidine rings is 2. The molecule has 29 heavy (non-hydrogen) atoms. The summed E-state index contributed by atoms with van der Waals surface area (Å²) in [4.78, 5) is 28.8. The van der Waals surface area contributed by atoms with Gasteiger partial charge in [0.1, 0.15) is 12.1 Å². The molecule has 0 bridgehead atoms. The Kier molecular flexibility index (Phi) is 6.65. The number of hydrogen-bond donors (Lipinski definition) is 0. The van der Waals surface area contributed by atoms with Gasteiger partial charge in [0.05, 0.1) is 19.1 Å². The maximum atomic E-state index is 12.9. The van der Waals surface area contributed by atoms with Crippen LogP contribution in [0.1, 0.15) is 51.0 Å². The number of likely N-dealkylation sites (tertiary alicyclic amines) is 1. The normalized spacial score (nSPS) is 24.9. The van der Waals surface area contributed by atoms with Gasteiger partial charge in [-0.2, -0.15) is 0 Å². The van der Waals surface area contributed by atoms with E-state index in [1.807, 2.05) is 11.1 Å². The predicted octanol–water partition coefficient (Wildman–Crippen LogP) is 2.14. The number of morpholine rings is 1. The van der Waals surface area contributed by atoms with Crippen molar-refractivity contribution in [2.45, 2.75) is 51.5 Å². The molecule has 0 spiro atoms. The van der Waals surface area contributed by atoms with Crippen LogP contribution in [-0.4, -0.2) is 84.2 Å². The summed E-state index contributed by atoms with van der Waals surface area (Å²) < 4.78 is 5.41. The van der Waals surface area contributed by atoms with Crippen molar-refractivity contribution in [2.75, 3.05) is 57.4 Å². The minimum Gasteiger partial charge on any atom is -0.378 e. The Morgan fingerprint density at radius 1 is 1.10 bits per heavy atom. The molecule has 3 saturated heterocycles. The summed E-state index contributed by atoms with van der Waals surface area (Å²) in [5, 5.41) is 0. The lowest BCUT2D eigenvalue weighted by molar-refractivity contribution is -0.141. The third kappa shape index (κ3) is 4.72. The highest BCUT2D eigenvalue weighted by molar-refractivity contribution is 5.79. The van der Waals surface area contributed by atoms with Crippen LogP contribution in [0.5, 0.6) is 0 Å². The van der Waals surface area contributed by atoms with Gasteiger partial charge < -0.3 is 14.5 Å². The van der Waals surface area contributed by atoms with E-state index in [2.05, 4.69) is 33.6 Å². The minimum atomic E-state index is 0.161. The van der Waals surface area contributed by atoms with Crippen LogP contribution >= 0.6 is 0 Å². The van der Waals surface area contributed by atoms with Crippen LogP contribution in [0.2, 0.25) is 0 Å². The second kappa shape index (κ2) is 9.39. The summed E-state index contributed by atoms with van der Waals surface area (Å²) in [5.74, 6) is 2.04. The van der Waals surface area contributed by atoms with E-state index in [4.69, 9.17) is 4.74 Å². The second-order valence-electron chi connectivity index (χ2n) is 8.95. The molecule has 4 heterocycles. The van der Waals surface area contributed by atoms with Crippen LogP contribution in [0.15, 0.2) is 12.5 Å². The molecule has 3 aliphatic heterocycles. The van der Waals surface area contributed by atoms with Crippen LogP contribution in [0.4, 0.5) is 5.82 Å². The summed E-state index contributed by atoms with van der Waals surface area (Å²) >= 11 is 0. The fourth-order valence-electron chi connectivity index (χ4n) is 5.03. The molecule has 7 heteroatoms. The van der Waals surface area contributed by atoms with E-state index in [1.54, 1.807) is 6.33 Å². The molecule has 1 atom stereocenters. The zero-order valence-electron chi connectivity index (χ0n) is 17.9. The molecule has 1 aromatic heterocycles. The number of nitrogens with zero attached hydrogens (tertiary/aromatic N) is 5. The number of carbonyl (C=O) groups excluding carboxylic acids is 1. The van der Waals surface area contributed by atoms with Crippen LogP contribution < -0.4 is 4.90 Å². The van der Waals surface area contributed by atoms with E-state index >= 15 is 0 Å². The number of amides is 1. The summed E-state index contributed by atoms with van der Waals surface area (Å²) in [6, 6.07) is 0.580. The smallest absolute Gasteiger partial charge is 0.227 e. The van der Waals surface area contributed by atoms with Crippen LogP contribution in [0, 0.1) is 5.92 Å². The predicted molar refractivity (Wildman–Crippen MR) is 113 cm³/mol. The second-order valence-corrected chi connectivity index (χ2v) is 8.95. The zero-order chi connectivity index (χ0) is 20.2. The van der Waals surface area contributed by atoms with Crippen molar-refractivity contribution in [1.82, 2.24) is 19.8 Å². The van der Waals surface area contributed by atoms with E-state index in [-0.39, 0.29) is 5.92 Å². The van der Waals surface area contributed by atoms with Gasteiger partial charge in [-0.15, -0.1) is 0 Å². The van der Waals surface area contributed by atoms with Gasteiger partial charge in [0.15, 0.2) is 0 Å². The standard InChI is InChI=1S/C22H35N5O2/c1-17(2)20-14-23-16-24-21(20)25-8-5-19(6-9-25)27-7-3-4-18(15-27)22(28)26-10-12-29-13-11-26/h14,16-19H,3-13,15H2,1-2H3. The number of anilines is 1. The molecular weight excluding hydrogens is 366 g/mol. The van der Waals surface area contributed by atoms with Crippen molar-refractivity contribution in [3.05, 3.63) is 18.1 Å². The molecule has 4 rings (SSSR count). The van der Waals surface area contributed by atoms with Crippen LogP contribution in [-0.2, 0) is 9.53 Å². The average molecular weight is 402 g/mol. The largest absolute Gasteiger partial charge is 0.378 e. The molecule has 0 radical (unpaired) electrons. The highest BCUT2D eigenvalue weighted by Crippen LogP contribution is 2.29.